The number of aryl methyl sites for hydroxylation is 1. The van der Waals surface area contributed by atoms with E-state index in [0.29, 0.717) is 40.5 Å². The maximum atomic E-state index is 14.7. The summed E-state index contributed by atoms with van der Waals surface area (Å²) in [6.45, 7) is 5.20. The standard InChI is InChI=1S/C30H29ClN2O6/c1-5-38-27(35)25-24-22(8-7-9-23(24)34)33(19-13-11-18(31)12-14-19)30(26(25)28(36)39-6-2)20-16-17(3)10-15-21(20)32(4)29(30)37/h10-16H,5-9H2,1-4H3. The number of hydrogen-bond donors (Lipinski definition) is 0. The van der Waals surface area contributed by atoms with Crippen molar-refractivity contribution in [3.63, 3.8) is 0 Å². The molecule has 2 aromatic rings. The number of carbonyl (C=O) groups excluding carboxylic acids is 4. The molecule has 0 aromatic heterocycles. The number of carbonyl (C=O) groups is 4. The van der Waals surface area contributed by atoms with Crippen LogP contribution in [0.25, 0.3) is 0 Å². The van der Waals surface area contributed by atoms with Crippen molar-refractivity contribution >= 4 is 46.6 Å². The van der Waals surface area contributed by atoms with Crippen molar-refractivity contribution in [3.05, 3.63) is 81.0 Å². The van der Waals surface area contributed by atoms with Crippen molar-refractivity contribution in [2.24, 2.45) is 0 Å². The van der Waals surface area contributed by atoms with Crippen molar-refractivity contribution in [2.45, 2.75) is 45.6 Å². The molecule has 0 N–H and O–H groups in total. The van der Waals surface area contributed by atoms with Gasteiger partial charge in [0.15, 0.2) is 11.3 Å². The molecule has 0 bridgehead atoms. The molecule has 1 spiro atoms. The Morgan fingerprint density at radius 2 is 1.64 bits per heavy atom. The topological polar surface area (TPSA) is 93.2 Å². The lowest BCUT2D eigenvalue weighted by Gasteiger charge is -2.48. The van der Waals surface area contributed by atoms with Crippen molar-refractivity contribution < 1.29 is 28.7 Å². The van der Waals surface area contributed by atoms with Crippen LogP contribution in [0, 0.1) is 6.92 Å². The van der Waals surface area contributed by atoms with Crippen molar-refractivity contribution in [1.82, 2.24) is 0 Å². The summed E-state index contributed by atoms with van der Waals surface area (Å²) in [5.41, 5.74) is 0.842. The number of hydrogen-bond acceptors (Lipinski definition) is 7. The highest BCUT2D eigenvalue weighted by Gasteiger charge is 2.64. The molecule has 0 fully saturated rings. The smallest absolute Gasteiger partial charge is 0.339 e. The van der Waals surface area contributed by atoms with Gasteiger partial charge in [-0.05, 0) is 63.9 Å². The highest BCUT2D eigenvalue weighted by atomic mass is 35.5. The number of ketones is 1. The largest absolute Gasteiger partial charge is 0.463 e. The van der Waals surface area contributed by atoms with Crippen LogP contribution in [-0.4, -0.2) is 43.9 Å². The van der Waals surface area contributed by atoms with Gasteiger partial charge in [0, 0.05) is 41.1 Å². The first kappa shape index (κ1) is 26.7. The monoisotopic (exact) mass is 548 g/mol. The summed E-state index contributed by atoms with van der Waals surface area (Å²) in [6.07, 6.45) is 1.12. The molecule has 0 radical (unpaired) electrons. The van der Waals surface area contributed by atoms with E-state index < -0.39 is 23.4 Å². The van der Waals surface area contributed by atoms with Crippen LogP contribution in [-0.2, 0) is 34.2 Å². The molecule has 1 atom stereocenters. The van der Waals surface area contributed by atoms with Gasteiger partial charge in [0.25, 0.3) is 5.91 Å². The Balaban J connectivity index is 2.01. The molecule has 2 aliphatic heterocycles. The Labute approximate surface area is 231 Å². The highest BCUT2D eigenvalue weighted by molar-refractivity contribution is 6.30. The van der Waals surface area contributed by atoms with Gasteiger partial charge in [-0.2, -0.15) is 0 Å². The molecular formula is C30H29ClN2O6. The second-order valence-corrected chi connectivity index (χ2v) is 10.1. The van der Waals surface area contributed by atoms with Crippen LogP contribution in [0.1, 0.15) is 44.2 Å². The fraction of sp³-hybridized carbons (Fsp3) is 0.333. The Bertz CT molecular complexity index is 1470. The Morgan fingerprint density at radius 1 is 0.974 bits per heavy atom. The number of benzene rings is 2. The summed E-state index contributed by atoms with van der Waals surface area (Å²) in [4.78, 5) is 59.1. The van der Waals surface area contributed by atoms with Gasteiger partial charge in [0.2, 0.25) is 0 Å². The number of likely N-dealkylation sites (N-methyl/N-ethyl adjacent to an activating group) is 1. The van der Waals surface area contributed by atoms with Crippen molar-refractivity contribution in [3.8, 4) is 0 Å². The lowest BCUT2D eigenvalue weighted by atomic mass is 9.71. The molecule has 2 heterocycles. The summed E-state index contributed by atoms with van der Waals surface area (Å²) < 4.78 is 10.9. The van der Waals surface area contributed by atoms with Crippen LogP contribution in [0.5, 0.6) is 0 Å². The van der Waals surface area contributed by atoms with Crippen LogP contribution in [0.15, 0.2) is 64.9 Å². The number of halogens is 1. The molecule has 202 valence electrons. The Morgan fingerprint density at radius 3 is 2.31 bits per heavy atom. The second-order valence-electron chi connectivity index (χ2n) is 9.70. The Hall–Kier alpha value is -3.91. The number of fused-ring (bicyclic) bond motifs is 2. The third-order valence-electron chi connectivity index (χ3n) is 7.41. The molecule has 5 rings (SSSR count). The fourth-order valence-electron chi connectivity index (χ4n) is 5.91. The molecule has 0 saturated heterocycles. The first-order valence-electron chi connectivity index (χ1n) is 13.0. The number of ether oxygens (including phenoxy) is 2. The average Bonchev–Trinajstić information content (AvgIpc) is 3.11. The number of allylic oxidation sites excluding steroid dienone is 1. The van der Waals surface area contributed by atoms with E-state index in [-0.39, 0.29) is 42.1 Å². The minimum Gasteiger partial charge on any atom is -0.463 e. The zero-order valence-electron chi connectivity index (χ0n) is 22.3. The maximum Gasteiger partial charge on any atom is 0.339 e. The van der Waals surface area contributed by atoms with Gasteiger partial charge in [-0.25, -0.2) is 9.59 Å². The van der Waals surface area contributed by atoms with Crippen molar-refractivity contribution in [2.75, 3.05) is 30.1 Å². The summed E-state index contributed by atoms with van der Waals surface area (Å²) in [5, 5.41) is 0.484. The van der Waals surface area contributed by atoms with E-state index in [1.807, 2.05) is 25.1 Å². The number of Topliss-reactive ketones (excluding diaryl/α,β-unsaturated/α-hetero) is 1. The minimum atomic E-state index is -1.82. The first-order valence-corrected chi connectivity index (χ1v) is 13.4. The predicted octanol–water partition coefficient (Wildman–Crippen LogP) is 4.77. The van der Waals surface area contributed by atoms with E-state index in [1.165, 1.54) is 4.90 Å². The average molecular weight is 549 g/mol. The zero-order chi connectivity index (χ0) is 28.1. The molecule has 39 heavy (non-hydrogen) atoms. The number of esters is 2. The van der Waals surface area contributed by atoms with E-state index in [2.05, 4.69) is 0 Å². The van der Waals surface area contributed by atoms with Gasteiger partial charge < -0.3 is 19.3 Å². The number of amides is 1. The normalized spacial score (nSPS) is 20.4. The first-order chi connectivity index (χ1) is 18.7. The third-order valence-corrected chi connectivity index (χ3v) is 7.67. The summed E-state index contributed by atoms with van der Waals surface area (Å²) in [5.74, 6) is -2.44. The Kier molecular flexibility index (Phi) is 6.84. The van der Waals surface area contributed by atoms with E-state index in [4.69, 9.17) is 21.1 Å². The van der Waals surface area contributed by atoms with Gasteiger partial charge in [-0.3, -0.25) is 9.59 Å². The van der Waals surface area contributed by atoms with Gasteiger partial charge >= 0.3 is 11.9 Å². The van der Waals surface area contributed by atoms with E-state index in [9.17, 15) is 19.2 Å². The highest BCUT2D eigenvalue weighted by Crippen LogP contribution is 2.57. The van der Waals surface area contributed by atoms with E-state index >= 15 is 0 Å². The number of nitrogens with zero attached hydrogens (tertiary/aromatic N) is 2. The van der Waals surface area contributed by atoms with Crippen LogP contribution in [0.2, 0.25) is 5.02 Å². The fourth-order valence-corrected chi connectivity index (χ4v) is 6.04. The molecule has 1 unspecified atom stereocenters. The molecule has 9 heteroatoms. The van der Waals surface area contributed by atoms with Crippen LogP contribution < -0.4 is 9.80 Å². The van der Waals surface area contributed by atoms with Gasteiger partial charge in [-0.1, -0.05) is 29.3 Å². The maximum absolute atomic E-state index is 14.7. The van der Waals surface area contributed by atoms with E-state index in [1.54, 1.807) is 50.1 Å². The van der Waals surface area contributed by atoms with Crippen LogP contribution >= 0.6 is 11.6 Å². The third kappa shape index (κ3) is 3.88. The molecule has 8 nitrogen and oxygen atoms in total. The molecule has 0 saturated carbocycles. The van der Waals surface area contributed by atoms with Crippen molar-refractivity contribution in [1.29, 1.82) is 0 Å². The van der Waals surface area contributed by atoms with Gasteiger partial charge in [-0.15, -0.1) is 0 Å². The number of anilines is 2. The lowest BCUT2D eigenvalue weighted by molar-refractivity contribution is -0.143. The summed E-state index contributed by atoms with van der Waals surface area (Å²) >= 11 is 6.23. The zero-order valence-corrected chi connectivity index (χ0v) is 23.1. The van der Waals surface area contributed by atoms with Crippen LogP contribution in [0.4, 0.5) is 11.4 Å². The molecule has 1 aliphatic carbocycles. The summed E-state index contributed by atoms with van der Waals surface area (Å²) in [6, 6.07) is 12.4. The molecular weight excluding hydrogens is 520 g/mol. The van der Waals surface area contributed by atoms with Crippen LogP contribution in [0.3, 0.4) is 0 Å². The minimum absolute atomic E-state index is 0.0000191. The predicted molar refractivity (Wildman–Crippen MR) is 146 cm³/mol. The molecule has 3 aliphatic rings. The lowest BCUT2D eigenvalue weighted by Crippen LogP contribution is -2.59. The van der Waals surface area contributed by atoms with Gasteiger partial charge in [0.1, 0.15) is 0 Å². The molecule has 2 aromatic carbocycles. The van der Waals surface area contributed by atoms with Gasteiger partial charge in [0.05, 0.1) is 29.9 Å². The second kappa shape index (κ2) is 10.0. The SMILES string of the molecule is CCOC(=O)C1=C(C(=O)OCC)C2(C(=O)N(C)c3ccc(C)cc32)N(c2ccc(Cl)cc2)C2=C1C(=O)CCC2. The number of rotatable bonds is 5. The summed E-state index contributed by atoms with van der Waals surface area (Å²) in [7, 11) is 1.63. The quantitative estimate of drug-likeness (QED) is 0.497. The van der Waals surface area contributed by atoms with E-state index in [0.717, 1.165) is 5.56 Å². The molecule has 1 amide bonds.